The van der Waals surface area contributed by atoms with Crippen molar-refractivity contribution >= 4 is 15.9 Å². The van der Waals surface area contributed by atoms with Crippen LogP contribution in [0.15, 0.2) is 30.3 Å². The van der Waals surface area contributed by atoms with Crippen molar-refractivity contribution in [3.8, 4) is 0 Å². The van der Waals surface area contributed by atoms with E-state index in [1.54, 1.807) is 0 Å². The molecule has 0 saturated carbocycles. The zero-order chi connectivity index (χ0) is 9.94. The molecule has 0 amide bonds. The van der Waals surface area contributed by atoms with Crippen molar-refractivity contribution in [2.24, 2.45) is 11.5 Å². The fourth-order valence-electron chi connectivity index (χ4n) is 0.754. The molecule has 13 heavy (non-hydrogen) atoms. The van der Waals surface area contributed by atoms with Crippen LogP contribution in [0, 0.1) is 0 Å². The minimum absolute atomic E-state index is 0.597. The van der Waals surface area contributed by atoms with Gasteiger partial charge in [-0.15, -0.1) is 0 Å². The molecule has 0 heterocycles. The van der Waals surface area contributed by atoms with Gasteiger partial charge in [0.25, 0.3) is 0 Å². The Morgan fingerprint density at radius 2 is 1.54 bits per heavy atom. The monoisotopic (exact) mass is 244 g/mol. The number of halogens is 1. The molecule has 0 radical (unpaired) electrons. The summed E-state index contributed by atoms with van der Waals surface area (Å²) in [7, 11) is 0. The predicted molar refractivity (Wildman–Crippen MR) is 62.0 cm³/mol. The summed E-state index contributed by atoms with van der Waals surface area (Å²) < 4.78 is 0. The van der Waals surface area contributed by atoms with E-state index in [9.17, 15) is 0 Å². The average molecular weight is 245 g/mol. The lowest BCUT2D eigenvalue weighted by atomic mass is 10.2. The van der Waals surface area contributed by atoms with Crippen molar-refractivity contribution in [2.45, 2.75) is 6.42 Å². The maximum atomic E-state index is 4.90. The fourth-order valence-corrected chi connectivity index (χ4v) is 1.21. The van der Waals surface area contributed by atoms with Crippen LogP contribution in [0.4, 0.5) is 0 Å². The minimum atomic E-state index is 0.597. The predicted octanol–water partition coefficient (Wildman–Crippen LogP) is 1.53. The third kappa shape index (κ3) is 7.96. The molecular formula is C10H17BrN2. The van der Waals surface area contributed by atoms with E-state index < -0.39 is 0 Å². The Morgan fingerprint density at radius 3 is 1.92 bits per heavy atom. The average Bonchev–Trinajstić information content (AvgIpc) is 2.20. The smallest absolute Gasteiger partial charge is 0.00718 e. The Morgan fingerprint density at radius 1 is 1.00 bits per heavy atom. The summed E-state index contributed by atoms with van der Waals surface area (Å²) in [5.74, 6) is 0. The van der Waals surface area contributed by atoms with Crippen LogP contribution in [0.25, 0.3) is 0 Å². The van der Waals surface area contributed by atoms with Crippen LogP contribution in [0.3, 0.4) is 0 Å². The van der Waals surface area contributed by atoms with E-state index in [1.807, 2.05) is 6.07 Å². The topological polar surface area (TPSA) is 52.0 Å². The van der Waals surface area contributed by atoms with Crippen LogP contribution in [-0.4, -0.2) is 18.4 Å². The molecule has 2 nitrogen and oxygen atoms in total. The molecule has 0 spiro atoms. The van der Waals surface area contributed by atoms with Gasteiger partial charge in [-0.1, -0.05) is 46.3 Å². The fraction of sp³-hybridized carbons (Fsp3) is 0.400. The maximum Gasteiger partial charge on any atom is 0.00718 e. The molecule has 1 aromatic carbocycles. The maximum absolute atomic E-state index is 4.90. The minimum Gasteiger partial charge on any atom is -0.329 e. The van der Waals surface area contributed by atoms with Crippen LogP contribution in [-0.2, 0) is 6.42 Å². The SMILES string of the molecule is BrCCc1ccccc1.NCCN. The van der Waals surface area contributed by atoms with Crippen molar-refractivity contribution in [3.63, 3.8) is 0 Å². The van der Waals surface area contributed by atoms with E-state index in [0.29, 0.717) is 13.1 Å². The van der Waals surface area contributed by atoms with Gasteiger partial charge in [0.1, 0.15) is 0 Å². The lowest BCUT2D eigenvalue weighted by Gasteiger charge is -1.92. The van der Waals surface area contributed by atoms with Gasteiger partial charge in [0.15, 0.2) is 0 Å². The molecule has 0 atom stereocenters. The molecule has 0 aliphatic heterocycles. The van der Waals surface area contributed by atoms with Gasteiger partial charge in [0.05, 0.1) is 0 Å². The number of nitrogens with two attached hydrogens (primary N) is 2. The number of rotatable bonds is 3. The molecule has 0 aliphatic carbocycles. The molecule has 1 rings (SSSR count). The van der Waals surface area contributed by atoms with Crippen molar-refractivity contribution in [3.05, 3.63) is 35.9 Å². The third-order valence-electron chi connectivity index (χ3n) is 1.39. The van der Waals surface area contributed by atoms with E-state index in [1.165, 1.54) is 5.56 Å². The molecule has 0 fully saturated rings. The van der Waals surface area contributed by atoms with Crippen molar-refractivity contribution in [1.82, 2.24) is 0 Å². The lowest BCUT2D eigenvalue weighted by molar-refractivity contribution is 0.976. The molecule has 0 saturated heterocycles. The van der Waals surface area contributed by atoms with Gasteiger partial charge >= 0.3 is 0 Å². The highest BCUT2D eigenvalue weighted by Crippen LogP contribution is 2.00. The van der Waals surface area contributed by atoms with Gasteiger partial charge < -0.3 is 11.5 Å². The highest BCUT2D eigenvalue weighted by molar-refractivity contribution is 9.09. The first-order valence-corrected chi connectivity index (χ1v) is 5.47. The van der Waals surface area contributed by atoms with Crippen LogP contribution in [0.1, 0.15) is 5.56 Å². The summed E-state index contributed by atoms with van der Waals surface area (Å²) in [6.07, 6.45) is 1.13. The number of hydrogen-bond donors (Lipinski definition) is 2. The van der Waals surface area contributed by atoms with Gasteiger partial charge in [-0.2, -0.15) is 0 Å². The summed E-state index contributed by atoms with van der Waals surface area (Å²) in [5, 5.41) is 1.05. The van der Waals surface area contributed by atoms with Crippen LogP contribution in [0.5, 0.6) is 0 Å². The number of alkyl halides is 1. The summed E-state index contributed by atoms with van der Waals surface area (Å²) in [6, 6.07) is 10.5. The van der Waals surface area contributed by atoms with Crippen LogP contribution < -0.4 is 11.5 Å². The van der Waals surface area contributed by atoms with Crippen LogP contribution >= 0.6 is 15.9 Å². The van der Waals surface area contributed by atoms with Crippen molar-refractivity contribution in [2.75, 3.05) is 18.4 Å². The normalized spacial score (nSPS) is 8.85. The van der Waals surface area contributed by atoms with E-state index >= 15 is 0 Å². The second-order valence-electron chi connectivity index (χ2n) is 2.50. The Bertz CT molecular complexity index is 187. The molecule has 0 aliphatic rings. The molecular weight excluding hydrogens is 228 g/mol. The molecule has 1 aromatic rings. The molecule has 4 N–H and O–H groups in total. The molecule has 0 bridgehead atoms. The third-order valence-corrected chi connectivity index (χ3v) is 1.79. The molecule has 74 valence electrons. The van der Waals surface area contributed by atoms with Crippen LogP contribution in [0.2, 0.25) is 0 Å². The first kappa shape index (κ1) is 12.6. The highest BCUT2D eigenvalue weighted by atomic mass is 79.9. The van der Waals surface area contributed by atoms with Crippen molar-refractivity contribution in [1.29, 1.82) is 0 Å². The van der Waals surface area contributed by atoms with Gasteiger partial charge in [-0.3, -0.25) is 0 Å². The van der Waals surface area contributed by atoms with E-state index in [0.717, 1.165) is 11.8 Å². The number of hydrogen-bond acceptors (Lipinski definition) is 2. The first-order chi connectivity index (χ1) is 6.35. The van der Waals surface area contributed by atoms with Gasteiger partial charge in [-0.25, -0.2) is 0 Å². The lowest BCUT2D eigenvalue weighted by Crippen LogP contribution is -2.11. The van der Waals surface area contributed by atoms with E-state index in [-0.39, 0.29) is 0 Å². The highest BCUT2D eigenvalue weighted by Gasteiger charge is 1.85. The molecule has 3 heteroatoms. The second kappa shape index (κ2) is 9.71. The summed E-state index contributed by atoms with van der Waals surface area (Å²) in [4.78, 5) is 0. The Balaban J connectivity index is 0.000000310. The largest absolute Gasteiger partial charge is 0.329 e. The first-order valence-electron chi connectivity index (χ1n) is 4.35. The quantitative estimate of drug-likeness (QED) is 0.793. The number of benzene rings is 1. The van der Waals surface area contributed by atoms with Crippen molar-refractivity contribution < 1.29 is 0 Å². The zero-order valence-corrected chi connectivity index (χ0v) is 9.33. The summed E-state index contributed by atoms with van der Waals surface area (Å²) in [6.45, 7) is 1.19. The second-order valence-corrected chi connectivity index (χ2v) is 3.29. The van der Waals surface area contributed by atoms with Gasteiger partial charge in [0.2, 0.25) is 0 Å². The van der Waals surface area contributed by atoms with E-state index in [2.05, 4.69) is 40.2 Å². The summed E-state index contributed by atoms with van der Waals surface area (Å²) in [5.41, 5.74) is 11.2. The molecule has 0 aromatic heterocycles. The van der Waals surface area contributed by atoms with Gasteiger partial charge in [-0.05, 0) is 12.0 Å². The Hall–Kier alpha value is -0.380. The Kier molecular flexibility index (Phi) is 9.42. The molecule has 0 unspecified atom stereocenters. The van der Waals surface area contributed by atoms with Gasteiger partial charge in [0, 0.05) is 18.4 Å². The number of aryl methyl sites for hydroxylation is 1. The Labute approximate surface area is 88.4 Å². The standard InChI is InChI=1S/C8H9Br.C2H8N2/c9-7-6-8-4-2-1-3-5-8;3-1-2-4/h1-5H,6-7H2;1-4H2. The zero-order valence-electron chi connectivity index (χ0n) is 7.75. The van der Waals surface area contributed by atoms with E-state index in [4.69, 9.17) is 11.5 Å². The summed E-state index contributed by atoms with van der Waals surface area (Å²) >= 11 is 3.39.